The van der Waals surface area contributed by atoms with E-state index < -0.39 is 7.12 Å². The van der Waals surface area contributed by atoms with Crippen molar-refractivity contribution in [2.75, 3.05) is 0 Å². The third-order valence-corrected chi connectivity index (χ3v) is 6.33. The zero-order chi connectivity index (χ0) is 31.3. The van der Waals surface area contributed by atoms with Gasteiger partial charge in [-0.2, -0.15) is 15.3 Å². The predicted octanol–water partition coefficient (Wildman–Crippen LogP) is 5.18. The number of aryl methyl sites for hydroxylation is 4. The van der Waals surface area contributed by atoms with Gasteiger partial charge in [0.2, 0.25) is 0 Å². The van der Waals surface area contributed by atoms with E-state index in [4.69, 9.17) is 40.4 Å². The van der Waals surface area contributed by atoms with Crippen LogP contribution >= 0.6 is 0 Å². The van der Waals surface area contributed by atoms with Gasteiger partial charge in [0.05, 0.1) is 17.5 Å². The summed E-state index contributed by atoms with van der Waals surface area (Å²) in [6, 6.07) is 10.3. The molecule has 0 atom stereocenters. The van der Waals surface area contributed by atoms with E-state index in [9.17, 15) is 0 Å². The van der Waals surface area contributed by atoms with E-state index in [1.54, 1.807) is 0 Å². The fraction of sp³-hybridized carbons (Fsp3) is 0.571. The van der Waals surface area contributed by atoms with E-state index in [-0.39, 0.29) is 33.3 Å². The van der Waals surface area contributed by atoms with Gasteiger partial charge in [0.25, 0.3) is 0 Å². The number of nitrogens with zero attached hydrogens (tertiary/aromatic N) is 10. The van der Waals surface area contributed by atoms with Crippen LogP contribution in [-0.2, 0) is 33.3 Å². The van der Waals surface area contributed by atoms with Gasteiger partial charge in [0, 0.05) is 16.2 Å². The summed E-state index contributed by atoms with van der Waals surface area (Å²) in [6.45, 7) is 27.1. The molecule has 4 aromatic rings. The maximum Gasteiger partial charge on any atom is 2.00 e. The van der Waals surface area contributed by atoms with Crippen molar-refractivity contribution in [2.24, 2.45) is 5.34 Å². The Labute approximate surface area is 260 Å². The van der Waals surface area contributed by atoms with E-state index in [1.165, 1.54) is 5.56 Å². The maximum atomic E-state index is 8.00. The van der Waals surface area contributed by atoms with Crippen molar-refractivity contribution >= 4 is 7.12 Å². The Morgan fingerprint density at radius 3 is 1.05 bits per heavy atom. The second-order valence-corrected chi connectivity index (χ2v) is 13.3. The monoisotopic (exact) mass is 627 g/mol. The molecule has 0 saturated carbocycles. The van der Waals surface area contributed by atoms with Gasteiger partial charge in [-0.1, -0.05) is 98.2 Å². The Hall–Kier alpha value is -3.38. The van der Waals surface area contributed by atoms with Crippen LogP contribution in [-0.4, -0.2) is 51.1 Å². The van der Waals surface area contributed by atoms with Gasteiger partial charge < -0.3 is 23.9 Å². The van der Waals surface area contributed by atoms with Crippen LogP contribution in [0, 0.1) is 37.8 Å². The molecule has 14 heteroatoms. The average Bonchev–Trinajstić information content (AvgIpc) is 3.53. The standard InChI is InChI=1S/C21H37BN9.C7H8.Cu.HNO2/c1-13-23-16(19(4,5)6)26-29(13)22(30-14(2)24-17(27-30)20(7,8)9)31-15(3)25-18(28-31)21(10,11)12;1-7-5-3-2-4-6-7;;2-1-3/h22H,1-12H3;2-6H,1H3;;(H,2,3)/q-1;;+2;/p-1. The molecule has 0 amide bonds. The Morgan fingerprint density at radius 2 is 0.881 bits per heavy atom. The molecular formula is C28H45BCuN10O2. The second-order valence-electron chi connectivity index (χ2n) is 13.3. The molecule has 0 spiro atoms. The summed E-state index contributed by atoms with van der Waals surface area (Å²) in [5.74, 6) is 4.86. The van der Waals surface area contributed by atoms with Crippen LogP contribution in [0.4, 0.5) is 0 Å². The van der Waals surface area contributed by atoms with E-state index in [0.29, 0.717) is 0 Å². The first-order valence-corrected chi connectivity index (χ1v) is 13.8. The van der Waals surface area contributed by atoms with Crippen molar-refractivity contribution in [1.29, 1.82) is 0 Å². The van der Waals surface area contributed by atoms with E-state index >= 15 is 0 Å². The van der Waals surface area contributed by atoms with Gasteiger partial charge in [-0.3, -0.25) is 0 Å². The zero-order valence-corrected chi connectivity index (χ0v) is 28.1. The van der Waals surface area contributed by atoms with Gasteiger partial charge in [-0.05, 0) is 27.7 Å². The first-order chi connectivity index (χ1) is 18.8. The largest absolute Gasteiger partial charge is 2.00 e. The average molecular weight is 628 g/mol. The summed E-state index contributed by atoms with van der Waals surface area (Å²) in [4.78, 5) is 22.3. The molecule has 3 aromatic heterocycles. The number of benzene rings is 1. The van der Waals surface area contributed by atoms with Gasteiger partial charge in [-0.25, -0.2) is 15.0 Å². The van der Waals surface area contributed by atoms with Crippen molar-refractivity contribution in [1.82, 2.24) is 44.0 Å². The number of rotatable bonds is 3. The molecule has 0 unspecified atom stereocenters. The summed E-state index contributed by atoms with van der Waals surface area (Å²) in [5.41, 5.74) is 0.828. The van der Waals surface area contributed by atoms with Crippen LogP contribution in [0.25, 0.3) is 0 Å². The van der Waals surface area contributed by atoms with Crippen molar-refractivity contribution in [3.63, 3.8) is 0 Å². The van der Waals surface area contributed by atoms with Crippen molar-refractivity contribution < 1.29 is 17.1 Å². The number of hydrogen-bond acceptors (Lipinski definition) is 9. The summed E-state index contributed by atoms with van der Waals surface area (Å²) >= 11 is 0. The smallest absolute Gasteiger partial charge is 0.444 e. The van der Waals surface area contributed by atoms with Gasteiger partial charge in [-0.15, -0.1) is 5.34 Å². The minimum absolute atomic E-state index is 0. The topological polar surface area (TPSA) is 145 Å². The van der Waals surface area contributed by atoms with Crippen LogP contribution in [0.1, 0.15) is 103 Å². The Bertz CT molecular complexity index is 1290. The van der Waals surface area contributed by atoms with E-state index in [0.717, 1.165) is 40.3 Å². The number of hydrogen-bond donors (Lipinski definition) is 0. The molecule has 0 aliphatic rings. The SMILES string of the molecule is Cc1ccccc1.Cc1nc(C(C)(C)C)nn1[BH-](n1nc(C(C)(C)C)nc1C)n1nc(C(C)(C)C)nc1C.O=N[O-].[Cu+2]. The molecule has 1 aromatic carbocycles. The van der Waals surface area contributed by atoms with Crippen molar-refractivity contribution in [3.8, 4) is 0 Å². The number of aromatic nitrogens is 9. The molecular weight excluding hydrogens is 583 g/mol. The van der Waals surface area contributed by atoms with E-state index in [1.807, 2.05) is 52.7 Å². The first-order valence-electron chi connectivity index (χ1n) is 13.8. The molecule has 12 nitrogen and oxygen atoms in total. The van der Waals surface area contributed by atoms with Crippen LogP contribution in [0.5, 0.6) is 0 Å². The molecule has 0 bridgehead atoms. The molecule has 0 N–H and O–H groups in total. The first kappa shape index (κ1) is 36.7. The molecule has 233 valence electrons. The molecule has 3 heterocycles. The minimum Gasteiger partial charge on any atom is -0.444 e. The fourth-order valence-electron chi connectivity index (χ4n) is 3.93. The Kier molecular flexibility index (Phi) is 12.4. The molecule has 0 aliphatic heterocycles. The maximum absolute atomic E-state index is 8.00. The predicted molar refractivity (Wildman–Crippen MR) is 164 cm³/mol. The quantitative estimate of drug-likeness (QED) is 0.172. The van der Waals surface area contributed by atoms with Crippen LogP contribution < -0.4 is 0 Å². The van der Waals surface area contributed by atoms with Gasteiger partial charge >= 0.3 is 24.2 Å². The Balaban J connectivity index is 0.000000683. The molecule has 0 saturated heterocycles. The zero-order valence-electron chi connectivity index (χ0n) is 27.2. The van der Waals surface area contributed by atoms with E-state index in [2.05, 4.69) is 81.4 Å². The second kappa shape index (κ2) is 14.2. The van der Waals surface area contributed by atoms with Gasteiger partial charge in [0.15, 0.2) is 17.5 Å². The third-order valence-electron chi connectivity index (χ3n) is 6.33. The van der Waals surface area contributed by atoms with Crippen molar-refractivity contribution in [3.05, 3.63) is 81.0 Å². The summed E-state index contributed by atoms with van der Waals surface area (Å²) in [5, 5.41) is 23.8. The fourth-order valence-corrected chi connectivity index (χ4v) is 3.93. The third kappa shape index (κ3) is 9.32. The summed E-state index contributed by atoms with van der Waals surface area (Å²) in [7, 11) is -1.61. The molecule has 42 heavy (non-hydrogen) atoms. The summed E-state index contributed by atoms with van der Waals surface area (Å²) < 4.78 is 5.88. The Morgan fingerprint density at radius 1 is 0.619 bits per heavy atom. The van der Waals surface area contributed by atoms with Crippen LogP contribution in [0.3, 0.4) is 0 Å². The molecule has 4 rings (SSSR count). The van der Waals surface area contributed by atoms with Crippen LogP contribution in [0.15, 0.2) is 35.7 Å². The minimum atomic E-state index is -1.61. The van der Waals surface area contributed by atoms with Crippen LogP contribution in [0.2, 0.25) is 0 Å². The van der Waals surface area contributed by atoms with Crippen molar-refractivity contribution in [2.45, 2.75) is 106 Å². The molecule has 0 aliphatic carbocycles. The summed E-state index contributed by atoms with van der Waals surface area (Å²) in [6.07, 6.45) is 0. The molecule has 1 radical (unpaired) electrons. The molecule has 0 fully saturated rings. The normalized spacial score (nSPS) is 11.7. The van der Waals surface area contributed by atoms with Gasteiger partial charge in [0.1, 0.15) is 0 Å².